The zero-order chi connectivity index (χ0) is 31.4. The lowest BCUT2D eigenvalue weighted by Gasteiger charge is -2.42. The molecule has 3 aliphatic rings. The van der Waals surface area contributed by atoms with Gasteiger partial charge < -0.3 is 35.8 Å². The van der Waals surface area contributed by atoms with E-state index in [1.54, 1.807) is 4.90 Å². The number of likely N-dealkylation sites (tertiary alicyclic amines) is 1. The Labute approximate surface area is 261 Å². The third kappa shape index (κ3) is 7.89. The van der Waals surface area contributed by atoms with Crippen LogP contribution in [0.25, 0.3) is 0 Å². The van der Waals surface area contributed by atoms with Crippen molar-refractivity contribution >= 4 is 35.0 Å². The number of hydrogen-bond donors (Lipinski definition) is 3. The molecular weight excluding hydrogens is 558 g/mol. The van der Waals surface area contributed by atoms with E-state index >= 15 is 0 Å². The second-order valence-corrected chi connectivity index (χ2v) is 13.3. The lowest BCUT2D eigenvalue weighted by atomic mass is 10.0. The number of nitrogens with one attached hydrogen (secondary N) is 2. The molecule has 3 saturated heterocycles. The van der Waals surface area contributed by atoms with Crippen LogP contribution < -0.4 is 21.3 Å². The molecule has 0 atom stereocenters. The molecule has 1 aromatic carbocycles. The van der Waals surface area contributed by atoms with Gasteiger partial charge in [0.05, 0.1) is 5.69 Å². The highest BCUT2D eigenvalue weighted by Crippen LogP contribution is 2.28. The van der Waals surface area contributed by atoms with E-state index in [1.807, 2.05) is 39.8 Å². The number of carbonyl (C=O) groups excluding carboxylic acids is 2. The summed E-state index contributed by atoms with van der Waals surface area (Å²) in [6.45, 7) is 16.1. The highest BCUT2D eigenvalue weighted by Gasteiger charge is 2.34. The summed E-state index contributed by atoms with van der Waals surface area (Å²) in [5.74, 6) is 0.561. The van der Waals surface area contributed by atoms with Gasteiger partial charge >= 0.3 is 6.09 Å². The molecule has 0 radical (unpaired) electrons. The quantitative estimate of drug-likeness (QED) is 0.390. The van der Waals surface area contributed by atoms with Crippen LogP contribution in [-0.4, -0.2) is 114 Å². The molecule has 2 aromatic rings. The predicted molar refractivity (Wildman–Crippen MR) is 174 cm³/mol. The first-order valence-electron chi connectivity index (χ1n) is 16.0. The molecule has 0 aliphatic carbocycles. The number of primary amides is 1. The Morgan fingerprint density at radius 3 is 2.23 bits per heavy atom. The van der Waals surface area contributed by atoms with Gasteiger partial charge in [0.2, 0.25) is 0 Å². The van der Waals surface area contributed by atoms with Gasteiger partial charge in [0.1, 0.15) is 11.4 Å². The van der Waals surface area contributed by atoms with Gasteiger partial charge in [-0.1, -0.05) is 6.92 Å². The molecule has 0 unspecified atom stereocenters. The smallest absolute Gasteiger partial charge is 0.410 e. The van der Waals surface area contributed by atoms with Crippen molar-refractivity contribution in [3.63, 3.8) is 0 Å². The minimum Gasteiger partial charge on any atom is -0.444 e. The molecular formula is C32H49N9O3. The number of piperazine rings is 1. The van der Waals surface area contributed by atoms with E-state index in [2.05, 4.69) is 49.5 Å². The fourth-order valence-electron chi connectivity index (χ4n) is 6.10. The van der Waals surface area contributed by atoms with E-state index in [4.69, 9.17) is 15.5 Å². The normalized spacial score (nSPS) is 19.0. The van der Waals surface area contributed by atoms with Crippen molar-refractivity contribution in [1.82, 2.24) is 24.7 Å². The number of carbonyl (C=O) groups is 2. The fraction of sp³-hybridized carbons (Fsp3) is 0.625. The minimum atomic E-state index is -0.631. The molecule has 0 saturated carbocycles. The number of likely N-dealkylation sites (N-methyl/N-ethyl adjacent to an activating group) is 1. The summed E-state index contributed by atoms with van der Waals surface area (Å²) in [4.78, 5) is 43.2. The fourth-order valence-corrected chi connectivity index (χ4v) is 6.10. The van der Waals surface area contributed by atoms with Gasteiger partial charge in [-0.05, 0) is 71.3 Å². The van der Waals surface area contributed by atoms with Crippen molar-refractivity contribution in [2.75, 3.05) is 81.5 Å². The third-order valence-corrected chi connectivity index (χ3v) is 8.72. The minimum absolute atomic E-state index is 0.113. The topological polar surface area (TPSA) is 132 Å². The highest BCUT2D eigenvalue weighted by molar-refractivity contribution is 5.96. The van der Waals surface area contributed by atoms with Gasteiger partial charge in [0.25, 0.3) is 5.91 Å². The maximum atomic E-state index is 12.3. The number of aromatic nitrogens is 2. The van der Waals surface area contributed by atoms with E-state index < -0.39 is 11.5 Å². The standard InChI is InChI=1S/C32H49N9O3/c1-6-26-29(34-19-22-20-41(21-22)31(43)44-32(2,3)4)37-30(27(36-26)28(33)42)35-23-7-9-24(10-8-23)39-13-11-25(12-14-39)40-17-15-38(5)16-18-40/h7-10,22,25H,6,11-21H2,1-5H3,(H2,33,42)(H2,34,35,37). The predicted octanol–water partition coefficient (Wildman–Crippen LogP) is 3.38. The summed E-state index contributed by atoms with van der Waals surface area (Å²) in [6.07, 6.45) is 2.66. The Bertz CT molecular complexity index is 1290. The first kappa shape index (κ1) is 31.8. The first-order valence-corrected chi connectivity index (χ1v) is 16.0. The van der Waals surface area contributed by atoms with Crippen molar-refractivity contribution in [2.24, 2.45) is 11.7 Å². The summed E-state index contributed by atoms with van der Waals surface area (Å²) in [7, 11) is 2.20. The second kappa shape index (κ2) is 13.6. The van der Waals surface area contributed by atoms with E-state index in [9.17, 15) is 9.59 Å². The molecule has 44 heavy (non-hydrogen) atoms. The van der Waals surface area contributed by atoms with Crippen LogP contribution in [0.3, 0.4) is 0 Å². The maximum absolute atomic E-state index is 12.3. The lowest BCUT2D eigenvalue weighted by Crippen LogP contribution is -2.53. The van der Waals surface area contributed by atoms with Crippen LogP contribution in [0.4, 0.5) is 27.8 Å². The number of aryl methyl sites for hydroxylation is 1. The zero-order valence-corrected chi connectivity index (χ0v) is 26.9. The molecule has 0 spiro atoms. The molecule has 4 N–H and O–H groups in total. The monoisotopic (exact) mass is 607 g/mol. The van der Waals surface area contributed by atoms with Crippen LogP contribution in [-0.2, 0) is 11.2 Å². The third-order valence-electron chi connectivity index (χ3n) is 8.72. The van der Waals surface area contributed by atoms with Gasteiger partial charge in [-0.3, -0.25) is 9.69 Å². The van der Waals surface area contributed by atoms with Crippen LogP contribution in [0.1, 0.15) is 56.7 Å². The number of nitrogens with zero attached hydrogens (tertiary/aromatic N) is 6. The van der Waals surface area contributed by atoms with Gasteiger partial charge in [-0.25, -0.2) is 14.8 Å². The average molecular weight is 608 g/mol. The Morgan fingerprint density at radius 2 is 1.64 bits per heavy atom. The summed E-state index contributed by atoms with van der Waals surface area (Å²) in [5, 5.41) is 6.67. The van der Waals surface area contributed by atoms with Crippen molar-refractivity contribution in [1.29, 1.82) is 0 Å². The summed E-state index contributed by atoms with van der Waals surface area (Å²) in [5.41, 5.74) is 7.98. The number of piperidine rings is 1. The van der Waals surface area contributed by atoms with Crippen LogP contribution >= 0.6 is 0 Å². The van der Waals surface area contributed by atoms with E-state index in [0.717, 1.165) is 31.9 Å². The number of nitrogens with two attached hydrogens (primary N) is 1. The van der Waals surface area contributed by atoms with Crippen molar-refractivity contribution < 1.29 is 14.3 Å². The van der Waals surface area contributed by atoms with Gasteiger partial charge in [-0.15, -0.1) is 0 Å². The van der Waals surface area contributed by atoms with Crippen molar-refractivity contribution in [2.45, 2.75) is 58.6 Å². The first-order chi connectivity index (χ1) is 21.0. The number of hydrogen-bond acceptors (Lipinski definition) is 10. The van der Waals surface area contributed by atoms with Gasteiger partial charge in [0.15, 0.2) is 11.5 Å². The maximum Gasteiger partial charge on any atom is 0.410 e. The number of benzene rings is 1. The van der Waals surface area contributed by atoms with E-state index in [0.29, 0.717) is 49.4 Å². The van der Waals surface area contributed by atoms with Crippen LogP contribution in [0.15, 0.2) is 24.3 Å². The zero-order valence-electron chi connectivity index (χ0n) is 26.9. The lowest BCUT2D eigenvalue weighted by molar-refractivity contribution is 0.000827. The van der Waals surface area contributed by atoms with E-state index in [1.165, 1.54) is 31.6 Å². The number of amides is 2. The molecule has 12 heteroatoms. The molecule has 0 bridgehead atoms. The molecule has 2 amide bonds. The summed E-state index contributed by atoms with van der Waals surface area (Å²) >= 11 is 0. The van der Waals surface area contributed by atoms with Gasteiger partial charge in [-0.2, -0.15) is 0 Å². The van der Waals surface area contributed by atoms with E-state index in [-0.39, 0.29) is 17.7 Å². The Kier molecular flexibility index (Phi) is 9.79. The SMILES string of the molecule is CCc1nc(C(N)=O)c(Nc2ccc(N3CCC(N4CCN(C)CC4)CC3)cc2)nc1NCC1CN(C(=O)OC(C)(C)C)C1. The van der Waals surface area contributed by atoms with Crippen molar-refractivity contribution in [3.8, 4) is 0 Å². The Morgan fingerprint density at radius 1 is 0.977 bits per heavy atom. The summed E-state index contributed by atoms with van der Waals surface area (Å²) in [6, 6.07) is 8.92. The molecule has 240 valence electrons. The second-order valence-electron chi connectivity index (χ2n) is 13.3. The molecule has 3 fully saturated rings. The molecule has 1 aromatic heterocycles. The Hall–Kier alpha value is -3.64. The van der Waals surface area contributed by atoms with Gasteiger partial charge in [0, 0.05) is 82.2 Å². The van der Waals surface area contributed by atoms with Crippen LogP contribution in [0.2, 0.25) is 0 Å². The molecule has 4 heterocycles. The largest absolute Gasteiger partial charge is 0.444 e. The van der Waals surface area contributed by atoms with Crippen molar-refractivity contribution in [3.05, 3.63) is 35.7 Å². The average Bonchev–Trinajstić information content (AvgIpc) is 2.96. The number of ether oxygens (including phenoxy) is 1. The molecule has 12 nitrogen and oxygen atoms in total. The molecule has 5 rings (SSSR count). The van der Waals surface area contributed by atoms with Crippen LogP contribution in [0, 0.1) is 5.92 Å². The Balaban J connectivity index is 1.18. The number of anilines is 4. The molecule has 3 aliphatic heterocycles. The highest BCUT2D eigenvalue weighted by atomic mass is 16.6. The number of rotatable bonds is 9. The summed E-state index contributed by atoms with van der Waals surface area (Å²) < 4.78 is 5.46. The van der Waals surface area contributed by atoms with Crippen LogP contribution in [0.5, 0.6) is 0 Å².